The Morgan fingerprint density at radius 1 is 1.59 bits per heavy atom. The molecule has 1 aliphatic heterocycles. The molecular formula is C9H13F3N2O3. The monoisotopic (exact) mass is 254 g/mol. The summed E-state index contributed by atoms with van der Waals surface area (Å²) < 4.78 is 36.8. The topological polar surface area (TPSA) is 60.9 Å². The summed E-state index contributed by atoms with van der Waals surface area (Å²) in [5.41, 5.74) is 0. The molecule has 0 spiro atoms. The number of nitrogens with zero attached hydrogens (tertiary/aromatic N) is 2. The van der Waals surface area contributed by atoms with Crippen LogP contribution in [0.15, 0.2) is 0 Å². The second-order valence-electron chi connectivity index (χ2n) is 3.98. The molecule has 98 valence electrons. The number of carbonyl (C=O) groups excluding carboxylic acids is 1. The van der Waals surface area contributed by atoms with E-state index in [2.05, 4.69) is 0 Å². The Bertz CT molecular complexity index is 319. The Balaban J connectivity index is 2.76. The number of alkyl halides is 3. The van der Waals surface area contributed by atoms with Gasteiger partial charge in [-0.15, -0.1) is 0 Å². The molecule has 0 saturated carbocycles. The molecule has 0 radical (unpaired) electrons. The minimum atomic E-state index is -4.52. The van der Waals surface area contributed by atoms with E-state index >= 15 is 0 Å². The van der Waals surface area contributed by atoms with Crippen LogP contribution in [0.4, 0.5) is 13.2 Å². The Morgan fingerprint density at radius 2 is 2.18 bits per heavy atom. The molecule has 1 saturated heterocycles. The van der Waals surface area contributed by atoms with E-state index in [-0.39, 0.29) is 6.42 Å². The second-order valence-corrected chi connectivity index (χ2v) is 3.98. The van der Waals surface area contributed by atoms with Crippen LogP contribution in [-0.2, 0) is 9.59 Å². The summed E-state index contributed by atoms with van der Waals surface area (Å²) in [5, 5.41) is 8.56. The van der Waals surface area contributed by atoms with Gasteiger partial charge in [-0.1, -0.05) is 0 Å². The lowest BCUT2D eigenvalue weighted by Gasteiger charge is -2.26. The number of likely N-dealkylation sites (N-methyl/N-ethyl adjacent to an activating group) is 1. The van der Waals surface area contributed by atoms with Gasteiger partial charge in [0.1, 0.15) is 0 Å². The van der Waals surface area contributed by atoms with Gasteiger partial charge in [0.05, 0.1) is 19.1 Å². The number of hydrogen-bond acceptors (Lipinski definition) is 3. The molecule has 0 aromatic heterocycles. The van der Waals surface area contributed by atoms with Crippen LogP contribution < -0.4 is 0 Å². The molecular weight excluding hydrogens is 241 g/mol. The van der Waals surface area contributed by atoms with E-state index in [4.69, 9.17) is 5.11 Å². The minimum Gasteiger partial charge on any atom is -0.480 e. The predicted octanol–water partition coefficient (Wildman–Crippen LogP) is 0.166. The predicted molar refractivity (Wildman–Crippen MR) is 51.3 cm³/mol. The summed E-state index contributed by atoms with van der Waals surface area (Å²) in [6, 6.07) is -0.988. The molecule has 0 aromatic carbocycles. The molecule has 8 heteroatoms. The summed E-state index contributed by atoms with van der Waals surface area (Å²) in [4.78, 5) is 24.0. The normalized spacial score (nSPS) is 21.4. The standard InChI is InChI=1S/C9H13F3N2O3/c1-13-3-2-6(8(13)17)14(4-7(15)16)5-9(10,11)12/h6H,2-5H2,1H3,(H,15,16). The third-order valence-corrected chi connectivity index (χ3v) is 2.56. The first-order valence-electron chi connectivity index (χ1n) is 4.98. The van der Waals surface area contributed by atoms with Crippen LogP contribution >= 0.6 is 0 Å². The fraction of sp³-hybridized carbons (Fsp3) is 0.778. The fourth-order valence-corrected chi connectivity index (χ4v) is 1.82. The quantitative estimate of drug-likeness (QED) is 0.776. The van der Waals surface area contributed by atoms with Crippen molar-refractivity contribution in [3.8, 4) is 0 Å². The molecule has 1 N–H and O–H groups in total. The van der Waals surface area contributed by atoms with Crippen LogP contribution in [0.3, 0.4) is 0 Å². The smallest absolute Gasteiger partial charge is 0.401 e. The number of halogens is 3. The summed E-state index contributed by atoms with van der Waals surface area (Å²) in [7, 11) is 1.48. The molecule has 17 heavy (non-hydrogen) atoms. The lowest BCUT2D eigenvalue weighted by atomic mass is 10.2. The second kappa shape index (κ2) is 4.91. The molecule has 1 fully saturated rings. The van der Waals surface area contributed by atoms with E-state index in [0.717, 1.165) is 0 Å². The van der Waals surface area contributed by atoms with E-state index in [0.29, 0.717) is 11.4 Å². The van der Waals surface area contributed by atoms with Crippen molar-refractivity contribution in [1.29, 1.82) is 0 Å². The van der Waals surface area contributed by atoms with Gasteiger partial charge in [-0.2, -0.15) is 13.2 Å². The van der Waals surface area contributed by atoms with Crippen molar-refractivity contribution in [2.75, 3.05) is 26.7 Å². The Morgan fingerprint density at radius 3 is 2.53 bits per heavy atom. The van der Waals surface area contributed by atoms with Crippen LogP contribution in [0.1, 0.15) is 6.42 Å². The van der Waals surface area contributed by atoms with E-state index in [9.17, 15) is 22.8 Å². The highest BCUT2D eigenvalue weighted by Crippen LogP contribution is 2.22. The van der Waals surface area contributed by atoms with Crippen LogP contribution in [0.25, 0.3) is 0 Å². The first kappa shape index (κ1) is 13.8. The number of carboxylic acids is 1. The van der Waals surface area contributed by atoms with E-state index < -0.39 is 37.2 Å². The molecule has 1 amide bonds. The summed E-state index contributed by atoms with van der Waals surface area (Å²) in [6.45, 7) is -1.83. The van der Waals surface area contributed by atoms with Crippen LogP contribution in [-0.4, -0.2) is 65.7 Å². The molecule has 1 heterocycles. The number of aliphatic carboxylic acids is 1. The zero-order valence-electron chi connectivity index (χ0n) is 9.20. The SMILES string of the molecule is CN1CCC(N(CC(=O)O)CC(F)(F)F)C1=O. The molecule has 1 atom stereocenters. The van der Waals surface area contributed by atoms with Gasteiger partial charge in [-0.25, -0.2) is 0 Å². The molecule has 1 aliphatic rings. The summed E-state index contributed by atoms with van der Waals surface area (Å²) in [6.07, 6.45) is -4.30. The largest absolute Gasteiger partial charge is 0.480 e. The fourth-order valence-electron chi connectivity index (χ4n) is 1.82. The van der Waals surface area contributed by atoms with Crippen LogP contribution in [0.5, 0.6) is 0 Å². The van der Waals surface area contributed by atoms with Gasteiger partial charge in [0.15, 0.2) is 0 Å². The van der Waals surface area contributed by atoms with Crippen molar-refractivity contribution in [2.24, 2.45) is 0 Å². The third-order valence-electron chi connectivity index (χ3n) is 2.56. The lowest BCUT2D eigenvalue weighted by molar-refractivity contribution is -0.160. The maximum atomic E-state index is 12.3. The Hall–Kier alpha value is -1.31. The molecule has 0 aliphatic carbocycles. The average molecular weight is 254 g/mol. The zero-order chi connectivity index (χ0) is 13.2. The highest BCUT2D eigenvalue weighted by molar-refractivity contribution is 5.84. The van der Waals surface area contributed by atoms with Gasteiger partial charge in [0.2, 0.25) is 5.91 Å². The van der Waals surface area contributed by atoms with Crippen LogP contribution in [0.2, 0.25) is 0 Å². The van der Waals surface area contributed by atoms with Crippen molar-refractivity contribution in [2.45, 2.75) is 18.6 Å². The van der Waals surface area contributed by atoms with E-state index in [1.165, 1.54) is 11.9 Å². The number of likely N-dealkylation sites (tertiary alicyclic amines) is 1. The minimum absolute atomic E-state index is 0.221. The van der Waals surface area contributed by atoms with Crippen molar-refractivity contribution in [3.63, 3.8) is 0 Å². The molecule has 1 unspecified atom stereocenters. The van der Waals surface area contributed by atoms with Crippen molar-refractivity contribution in [1.82, 2.24) is 9.80 Å². The Kier molecular flexibility index (Phi) is 3.97. The number of rotatable bonds is 4. The lowest BCUT2D eigenvalue weighted by Crippen LogP contribution is -2.47. The van der Waals surface area contributed by atoms with Gasteiger partial charge in [0, 0.05) is 13.6 Å². The first-order valence-corrected chi connectivity index (χ1v) is 4.98. The first-order chi connectivity index (χ1) is 7.70. The molecule has 5 nitrogen and oxygen atoms in total. The average Bonchev–Trinajstić information content (AvgIpc) is 2.43. The van der Waals surface area contributed by atoms with Gasteiger partial charge in [-0.3, -0.25) is 14.5 Å². The van der Waals surface area contributed by atoms with E-state index in [1.807, 2.05) is 0 Å². The van der Waals surface area contributed by atoms with Gasteiger partial charge in [-0.05, 0) is 6.42 Å². The zero-order valence-corrected chi connectivity index (χ0v) is 9.20. The summed E-state index contributed by atoms with van der Waals surface area (Å²) in [5.74, 6) is -1.84. The van der Waals surface area contributed by atoms with Crippen LogP contribution in [0, 0.1) is 0 Å². The Labute approximate surface area is 95.8 Å². The number of amides is 1. The van der Waals surface area contributed by atoms with Crippen molar-refractivity contribution >= 4 is 11.9 Å². The number of hydrogen-bond donors (Lipinski definition) is 1. The maximum Gasteiger partial charge on any atom is 0.401 e. The maximum absolute atomic E-state index is 12.3. The van der Waals surface area contributed by atoms with Crippen molar-refractivity contribution < 1.29 is 27.9 Å². The highest BCUT2D eigenvalue weighted by atomic mass is 19.4. The van der Waals surface area contributed by atoms with Gasteiger partial charge >= 0.3 is 12.1 Å². The van der Waals surface area contributed by atoms with E-state index in [1.54, 1.807) is 0 Å². The highest BCUT2D eigenvalue weighted by Gasteiger charge is 2.40. The number of carbonyl (C=O) groups is 2. The molecule has 0 aromatic rings. The van der Waals surface area contributed by atoms with Gasteiger partial charge in [0.25, 0.3) is 0 Å². The molecule has 0 bridgehead atoms. The van der Waals surface area contributed by atoms with Crippen molar-refractivity contribution in [3.05, 3.63) is 0 Å². The third kappa shape index (κ3) is 3.88. The van der Waals surface area contributed by atoms with Gasteiger partial charge < -0.3 is 10.0 Å². The molecule has 1 rings (SSSR count). The number of carboxylic acid groups (broad SMARTS) is 1. The summed E-state index contributed by atoms with van der Waals surface area (Å²) >= 11 is 0.